The average molecular weight is 479 g/mol. The molecule has 0 aliphatic carbocycles. The number of carbonyl (C=O) groups excluding carboxylic acids is 1. The van der Waals surface area contributed by atoms with Gasteiger partial charge in [-0.2, -0.15) is 5.10 Å². The molecule has 0 saturated carbocycles. The number of benzene rings is 1. The van der Waals surface area contributed by atoms with Crippen LogP contribution in [0, 0.1) is 6.92 Å². The Kier molecular flexibility index (Phi) is 4.67. The lowest BCUT2D eigenvalue weighted by molar-refractivity contribution is 0.0991. The number of nitrogens with zero attached hydrogens (tertiary/aromatic N) is 4. The van der Waals surface area contributed by atoms with E-state index in [0.717, 1.165) is 17.0 Å². The summed E-state index contributed by atoms with van der Waals surface area (Å²) in [5.41, 5.74) is 4.64. The minimum Gasteiger partial charge on any atom is -0.308 e. The minimum atomic E-state index is -3.09. The van der Waals surface area contributed by atoms with Gasteiger partial charge in [-0.1, -0.05) is 24.3 Å². The van der Waals surface area contributed by atoms with Gasteiger partial charge in [-0.3, -0.25) is 4.79 Å². The summed E-state index contributed by atoms with van der Waals surface area (Å²) in [4.78, 5) is 21.6. The predicted octanol–water partition coefficient (Wildman–Crippen LogP) is 4.03. The Morgan fingerprint density at radius 1 is 1.18 bits per heavy atom. The van der Waals surface area contributed by atoms with E-state index in [1.54, 1.807) is 16.0 Å². The maximum Gasteiger partial charge on any atom is 0.259 e. The molecule has 3 aromatic heterocycles. The van der Waals surface area contributed by atoms with Crippen molar-refractivity contribution in [3.05, 3.63) is 64.7 Å². The van der Waals surface area contributed by atoms with Crippen LogP contribution in [0.25, 0.3) is 21.6 Å². The predicted molar refractivity (Wildman–Crippen MR) is 130 cm³/mol. The summed E-state index contributed by atoms with van der Waals surface area (Å²) in [6.45, 7) is 2.49. The molecule has 7 nitrogen and oxygen atoms in total. The summed E-state index contributed by atoms with van der Waals surface area (Å²) in [5.74, 6) is 0.127. The number of anilines is 1. The van der Waals surface area contributed by atoms with E-state index in [1.807, 2.05) is 53.6 Å². The van der Waals surface area contributed by atoms with Crippen LogP contribution in [-0.4, -0.2) is 47.1 Å². The molecular weight excluding hydrogens is 456 g/mol. The molecule has 5 heterocycles. The molecular formula is C24H22N4O3S2. The molecule has 0 bridgehead atoms. The molecule has 2 aliphatic rings. The highest BCUT2D eigenvalue weighted by Crippen LogP contribution is 2.35. The lowest BCUT2D eigenvalue weighted by Gasteiger charge is -2.19. The number of hydrogen-bond acceptors (Lipinski definition) is 6. The van der Waals surface area contributed by atoms with E-state index >= 15 is 0 Å². The number of carbonyl (C=O) groups is 1. The van der Waals surface area contributed by atoms with Crippen molar-refractivity contribution in [3.63, 3.8) is 0 Å². The molecule has 2 aliphatic heterocycles. The first-order valence-electron chi connectivity index (χ1n) is 11.0. The van der Waals surface area contributed by atoms with Crippen molar-refractivity contribution >= 4 is 43.8 Å². The topological polar surface area (TPSA) is 85.2 Å². The second kappa shape index (κ2) is 7.50. The largest absolute Gasteiger partial charge is 0.308 e. The first kappa shape index (κ1) is 20.6. The van der Waals surface area contributed by atoms with Crippen molar-refractivity contribution in [2.24, 2.45) is 0 Å². The first-order valence-corrected chi connectivity index (χ1v) is 13.7. The van der Waals surface area contributed by atoms with Gasteiger partial charge < -0.3 is 4.90 Å². The molecule has 0 N–H and O–H groups in total. The summed E-state index contributed by atoms with van der Waals surface area (Å²) < 4.78 is 26.0. The van der Waals surface area contributed by atoms with E-state index in [2.05, 4.69) is 6.07 Å². The molecule has 1 aromatic carbocycles. The van der Waals surface area contributed by atoms with E-state index in [-0.39, 0.29) is 23.5 Å². The molecule has 0 spiro atoms. The number of fused-ring (bicyclic) bond motifs is 2. The highest BCUT2D eigenvalue weighted by molar-refractivity contribution is 7.91. The molecule has 168 valence electrons. The molecule has 9 heteroatoms. The standard InChI is InChI=1S/C24H22N4O3S2/c1-15-22-18(24(29)27-10-8-16-5-2-3-6-20(16)27)13-19(21-7-4-11-32-21)25-23(22)28(26-15)17-9-12-33(30,31)14-17/h2-7,11,13,17H,8-10,12,14H2,1H3/t17-/m1/s1. The summed E-state index contributed by atoms with van der Waals surface area (Å²) >= 11 is 1.56. The zero-order valence-corrected chi connectivity index (χ0v) is 19.7. The van der Waals surface area contributed by atoms with E-state index < -0.39 is 9.84 Å². The third-order valence-corrected chi connectivity index (χ3v) is 9.17. The Morgan fingerprint density at radius 3 is 2.79 bits per heavy atom. The van der Waals surface area contributed by atoms with Gasteiger partial charge in [0.25, 0.3) is 5.91 Å². The lowest BCUT2D eigenvalue weighted by atomic mass is 10.1. The third kappa shape index (κ3) is 3.38. The molecule has 1 amide bonds. The van der Waals surface area contributed by atoms with E-state index in [4.69, 9.17) is 10.1 Å². The van der Waals surface area contributed by atoms with Gasteiger partial charge in [0, 0.05) is 12.2 Å². The Hall–Kier alpha value is -3.04. The lowest BCUT2D eigenvalue weighted by Crippen LogP contribution is -2.29. The Bertz CT molecular complexity index is 1510. The van der Waals surface area contributed by atoms with Gasteiger partial charge in [-0.05, 0) is 48.9 Å². The molecule has 1 saturated heterocycles. The smallest absolute Gasteiger partial charge is 0.259 e. The molecule has 1 atom stereocenters. The summed E-state index contributed by atoms with van der Waals surface area (Å²) in [5, 5.41) is 7.38. The highest BCUT2D eigenvalue weighted by atomic mass is 32.2. The fourth-order valence-corrected chi connectivity index (χ4v) is 7.33. The van der Waals surface area contributed by atoms with Crippen LogP contribution in [-0.2, 0) is 16.3 Å². The highest BCUT2D eigenvalue weighted by Gasteiger charge is 2.34. The fourth-order valence-electron chi connectivity index (χ4n) is 4.95. The zero-order chi connectivity index (χ0) is 22.7. The number of thiophene rings is 1. The summed E-state index contributed by atoms with van der Waals surface area (Å²) in [6.07, 6.45) is 1.33. The van der Waals surface area contributed by atoms with Gasteiger partial charge in [-0.25, -0.2) is 18.1 Å². The Labute approximate surface area is 195 Å². The molecule has 4 aromatic rings. The minimum absolute atomic E-state index is 0.0525. The fraction of sp³-hybridized carbons (Fsp3) is 0.292. The van der Waals surface area contributed by atoms with Gasteiger partial charge in [0.05, 0.1) is 44.8 Å². The second-order valence-corrected chi connectivity index (χ2v) is 11.8. The van der Waals surface area contributed by atoms with Crippen LogP contribution in [0.1, 0.15) is 34.1 Å². The van der Waals surface area contributed by atoms with Gasteiger partial charge >= 0.3 is 0 Å². The van der Waals surface area contributed by atoms with E-state index in [9.17, 15) is 13.2 Å². The molecule has 0 unspecified atom stereocenters. The van der Waals surface area contributed by atoms with Crippen molar-refractivity contribution in [1.82, 2.24) is 14.8 Å². The third-order valence-electron chi connectivity index (χ3n) is 6.53. The molecule has 0 radical (unpaired) electrons. The molecule has 6 rings (SSSR count). The first-order chi connectivity index (χ1) is 15.9. The van der Waals surface area contributed by atoms with Crippen LogP contribution < -0.4 is 4.90 Å². The van der Waals surface area contributed by atoms with Gasteiger partial charge in [0.2, 0.25) is 0 Å². The monoisotopic (exact) mass is 478 g/mol. The van der Waals surface area contributed by atoms with Crippen LogP contribution in [0.5, 0.6) is 0 Å². The van der Waals surface area contributed by atoms with Crippen LogP contribution in [0.2, 0.25) is 0 Å². The van der Waals surface area contributed by atoms with Crippen LogP contribution >= 0.6 is 11.3 Å². The summed E-state index contributed by atoms with van der Waals surface area (Å²) in [7, 11) is -3.09. The second-order valence-electron chi connectivity index (χ2n) is 8.65. The SMILES string of the molecule is Cc1nn([C@@H]2CCS(=O)(=O)C2)c2nc(-c3cccs3)cc(C(=O)N3CCc4ccccc43)c12. The normalized spacial score (nSPS) is 19.3. The Morgan fingerprint density at radius 2 is 2.03 bits per heavy atom. The number of aryl methyl sites for hydroxylation is 1. The van der Waals surface area contributed by atoms with Crippen molar-refractivity contribution in [3.8, 4) is 10.6 Å². The molecule has 1 fully saturated rings. The number of hydrogen-bond donors (Lipinski definition) is 0. The van der Waals surface area contributed by atoms with Crippen LogP contribution in [0.4, 0.5) is 5.69 Å². The average Bonchev–Trinajstić information content (AvgIpc) is 3.58. The van der Waals surface area contributed by atoms with Crippen molar-refractivity contribution in [2.75, 3.05) is 23.0 Å². The van der Waals surface area contributed by atoms with E-state index in [0.29, 0.717) is 41.0 Å². The van der Waals surface area contributed by atoms with Crippen molar-refractivity contribution < 1.29 is 13.2 Å². The summed E-state index contributed by atoms with van der Waals surface area (Å²) in [6, 6.07) is 13.5. The number of aromatic nitrogens is 3. The van der Waals surface area contributed by atoms with E-state index in [1.165, 1.54) is 5.56 Å². The van der Waals surface area contributed by atoms with Gasteiger partial charge in [0.15, 0.2) is 15.5 Å². The Balaban J connectivity index is 1.55. The van der Waals surface area contributed by atoms with Gasteiger partial charge in [-0.15, -0.1) is 11.3 Å². The molecule has 33 heavy (non-hydrogen) atoms. The number of para-hydroxylation sites is 1. The quantitative estimate of drug-likeness (QED) is 0.444. The number of amides is 1. The number of pyridine rings is 1. The number of rotatable bonds is 3. The van der Waals surface area contributed by atoms with Crippen LogP contribution in [0.3, 0.4) is 0 Å². The van der Waals surface area contributed by atoms with Crippen LogP contribution in [0.15, 0.2) is 47.8 Å². The number of sulfone groups is 1. The maximum atomic E-state index is 13.9. The van der Waals surface area contributed by atoms with Crippen molar-refractivity contribution in [1.29, 1.82) is 0 Å². The van der Waals surface area contributed by atoms with Gasteiger partial charge in [0.1, 0.15) is 0 Å². The van der Waals surface area contributed by atoms with Crippen molar-refractivity contribution in [2.45, 2.75) is 25.8 Å². The maximum absolute atomic E-state index is 13.9. The zero-order valence-electron chi connectivity index (χ0n) is 18.1.